The maximum atomic E-state index is 5.13. The van der Waals surface area contributed by atoms with E-state index in [-0.39, 0.29) is 0 Å². The Labute approximate surface area is 240 Å². The molecular weight excluding hydrogens is 516 g/mol. The third kappa shape index (κ3) is 3.26. The molecule has 0 atom stereocenters. The lowest BCUT2D eigenvalue weighted by molar-refractivity contribution is 0.991. The Morgan fingerprint density at radius 1 is 0.476 bits per heavy atom. The molecule has 5 heterocycles. The monoisotopic (exact) mass is 538 g/mol. The molecular formula is C36H22N6. The normalized spacial score (nSPS) is 11.8. The molecule has 196 valence electrons. The van der Waals surface area contributed by atoms with Crippen molar-refractivity contribution in [2.24, 2.45) is 0 Å². The van der Waals surface area contributed by atoms with Crippen molar-refractivity contribution in [2.45, 2.75) is 0 Å². The summed E-state index contributed by atoms with van der Waals surface area (Å²) in [6.45, 7) is 0. The van der Waals surface area contributed by atoms with E-state index in [1.54, 1.807) is 6.20 Å². The first-order valence-corrected chi connectivity index (χ1v) is 13.9. The summed E-state index contributed by atoms with van der Waals surface area (Å²) in [5, 5.41) is 4.71. The van der Waals surface area contributed by atoms with E-state index in [1.165, 1.54) is 10.8 Å². The smallest absolute Gasteiger partial charge is 0.235 e. The molecule has 4 aromatic carbocycles. The first-order valence-electron chi connectivity index (χ1n) is 13.9. The summed E-state index contributed by atoms with van der Waals surface area (Å²) in [4.78, 5) is 19.1. The summed E-state index contributed by atoms with van der Waals surface area (Å²) < 4.78 is 4.58. The van der Waals surface area contributed by atoms with Crippen LogP contribution in [0.1, 0.15) is 0 Å². The summed E-state index contributed by atoms with van der Waals surface area (Å²) in [6, 6.07) is 40.0. The van der Waals surface area contributed by atoms with Crippen LogP contribution >= 0.6 is 0 Å². The van der Waals surface area contributed by atoms with Crippen molar-refractivity contribution < 1.29 is 0 Å². The lowest BCUT2D eigenvalue weighted by atomic mass is 10.1. The zero-order chi connectivity index (χ0) is 27.6. The summed E-state index contributed by atoms with van der Waals surface area (Å²) in [6.07, 6.45) is 5.47. The number of aromatic nitrogens is 6. The first-order chi connectivity index (χ1) is 20.8. The minimum absolute atomic E-state index is 0.609. The summed E-state index contributed by atoms with van der Waals surface area (Å²) in [5.74, 6) is 0.609. The highest BCUT2D eigenvalue weighted by Crippen LogP contribution is 2.41. The fourth-order valence-corrected chi connectivity index (χ4v) is 6.26. The topological polar surface area (TPSA) is 61.4 Å². The average Bonchev–Trinajstić information content (AvgIpc) is 3.58. The van der Waals surface area contributed by atoms with Crippen molar-refractivity contribution >= 4 is 54.6 Å². The Morgan fingerprint density at radius 3 is 1.95 bits per heavy atom. The van der Waals surface area contributed by atoms with Crippen molar-refractivity contribution in [3.8, 4) is 22.9 Å². The van der Waals surface area contributed by atoms with Gasteiger partial charge < -0.3 is 4.57 Å². The number of hydrogen-bond donors (Lipinski definition) is 0. The molecule has 0 N–H and O–H groups in total. The van der Waals surface area contributed by atoms with Crippen LogP contribution in [-0.2, 0) is 0 Å². The Morgan fingerprint density at radius 2 is 1.17 bits per heavy atom. The van der Waals surface area contributed by atoms with E-state index in [4.69, 9.17) is 9.97 Å². The fourth-order valence-electron chi connectivity index (χ4n) is 6.26. The van der Waals surface area contributed by atoms with Crippen LogP contribution in [0.5, 0.6) is 0 Å². The molecule has 5 aromatic heterocycles. The lowest BCUT2D eigenvalue weighted by Gasteiger charge is -2.12. The van der Waals surface area contributed by atoms with Gasteiger partial charge >= 0.3 is 0 Å². The van der Waals surface area contributed by atoms with Crippen LogP contribution in [0.2, 0.25) is 0 Å². The van der Waals surface area contributed by atoms with Gasteiger partial charge in [0.15, 0.2) is 0 Å². The maximum Gasteiger partial charge on any atom is 0.235 e. The average molecular weight is 539 g/mol. The molecule has 9 aromatic rings. The van der Waals surface area contributed by atoms with Crippen molar-refractivity contribution in [1.29, 1.82) is 0 Å². The minimum atomic E-state index is 0.609. The SMILES string of the molecule is c1ccc(-n2c3ccccc3c3ccc4c5ccccc5n(-c5nccc(-c6cnc7cccnc7c6)n5)c4c32)cc1. The van der Waals surface area contributed by atoms with Crippen LogP contribution < -0.4 is 0 Å². The number of rotatable bonds is 3. The zero-order valence-corrected chi connectivity index (χ0v) is 22.4. The number of pyridine rings is 2. The summed E-state index contributed by atoms with van der Waals surface area (Å²) in [7, 11) is 0. The Hall–Kier alpha value is -5.88. The van der Waals surface area contributed by atoms with E-state index in [0.29, 0.717) is 5.95 Å². The molecule has 0 saturated heterocycles. The van der Waals surface area contributed by atoms with E-state index in [9.17, 15) is 0 Å². The number of para-hydroxylation sites is 3. The van der Waals surface area contributed by atoms with Gasteiger partial charge in [0.05, 0.1) is 38.8 Å². The van der Waals surface area contributed by atoms with Crippen molar-refractivity contribution in [2.75, 3.05) is 0 Å². The molecule has 0 aliphatic rings. The second-order valence-corrected chi connectivity index (χ2v) is 10.4. The van der Waals surface area contributed by atoms with Gasteiger partial charge in [-0.25, -0.2) is 9.97 Å². The van der Waals surface area contributed by atoms with Crippen molar-refractivity contribution in [1.82, 2.24) is 29.1 Å². The van der Waals surface area contributed by atoms with Crippen molar-refractivity contribution in [3.63, 3.8) is 0 Å². The Balaban J connectivity index is 1.41. The molecule has 0 radical (unpaired) electrons. The number of benzene rings is 4. The molecule has 0 unspecified atom stereocenters. The third-order valence-electron chi connectivity index (χ3n) is 8.07. The van der Waals surface area contributed by atoms with Gasteiger partial charge in [-0.05, 0) is 48.5 Å². The second-order valence-electron chi connectivity index (χ2n) is 10.4. The highest BCUT2D eigenvalue weighted by atomic mass is 15.2. The molecule has 0 aliphatic heterocycles. The van der Waals surface area contributed by atoms with Gasteiger partial charge in [-0.2, -0.15) is 0 Å². The van der Waals surface area contributed by atoms with E-state index in [0.717, 1.165) is 60.8 Å². The molecule has 0 fully saturated rings. The van der Waals surface area contributed by atoms with Crippen LogP contribution in [0, 0.1) is 0 Å². The summed E-state index contributed by atoms with van der Waals surface area (Å²) in [5.41, 5.74) is 8.90. The number of nitrogens with zero attached hydrogens (tertiary/aromatic N) is 6. The Bertz CT molecular complexity index is 2470. The molecule has 6 nitrogen and oxygen atoms in total. The largest absolute Gasteiger partial charge is 0.307 e. The minimum Gasteiger partial charge on any atom is -0.307 e. The maximum absolute atomic E-state index is 5.13. The molecule has 0 aliphatic carbocycles. The molecule has 6 heteroatoms. The van der Waals surface area contributed by atoms with Gasteiger partial charge in [-0.1, -0.05) is 66.7 Å². The van der Waals surface area contributed by atoms with Gasteiger partial charge in [0.1, 0.15) is 0 Å². The highest BCUT2D eigenvalue weighted by molar-refractivity contribution is 6.23. The van der Waals surface area contributed by atoms with E-state index >= 15 is 0 Å². The van der Waals surface area contributed by atoms with Crippen molar-refractivity contribution in [3.05, 3.63) is 134 Å². The zero-order valence-electron chi connectivity index (χ0n) is 22.4. The van der Waals surface area contributed by atoms with Gasteiger partial charge in [0.25, 0.3) is 0 Å². The molecule has 9 rings (SSSR count). The standard InChI is InChI=1S/C36H22N6/c1-2-9-24(10-3-1)41-32-14-6-4-11-25(32)27-16-17-28-26-12-5-7-15-33(26)42(35(28)34(27)41)36-38-20-18-29(40-36)23-21-31-30(39-22-23)13-8-19-37-31/h1-22H. The van der Waals surface area contributed by atoms with Gasteiger partial charge in [0.2, 0.25) is 5.95 Å². The molecule has 42 heavy (non-hydrogen) atoms. The molecule has 0 bridgehead atoms. The van der Waals surface area contributed by atoms with E-state index in [1.807, 2.05) is 36.7 Å². The summed E-state index contributed by atoms with van der Waals surface area (Å²) >= 11 is 0. The predicted molar refractivity (Wildman–Crippen MR) is 169 cm³/mol. The quantitative estimate of drug-likeness (QED) is 0.227. The second kappa shape index (κ2) is 8.81. The third-order valence-corrected chi connectivity index (χ3v) is 8.07. The first kappa shape index (κ1) is 22.9. The number of hydrogen-bond acceptors (Lipinski definition) is 4. The fraction of sp³-hybridized carbons (Fsp3) is 0. The van der Waals surface area contributed by atoms with Crippen LogP contribution in [-0.4, -0.2) is 29.1 Å². The van der Waals surface area contributed by atoms with Gasteiger partial charge in [-0.3, -0.25) is 14.5 Å². The van der Waals surface area contributed by atoms with Crippen LogP contribution in [0.15, 0.2) is 134 Å². The van der Waals surface area contributed by atoms with E-state index < -0.39 is 0 Å². The predicted octanol–water partition coefficient (Wildman–Crippen LogP) is 8.28. The molecule has 0 saturated carbocycles. The van der Waals surface area contributed by atoms with Gasteiger partial charge in [-0.15, -0.1) is 0 Å². The van der Waals surface area contributed by atoms with Gasteiger partial charge in [0, 0.05) is 51.4 Å². The highest BCUT2D eigenvalue weighted by Gasteiger charge is 2.22. The van der Waals surface area contributed by atoms with E-state index in [2.05, 4.69) is 110 Å². The van der Waals surface area contributed by atoms with Crippen LogP contribution in [0.25, 0.3) is 77.5 Å². The van der Waals surface area contributed by atoms with Crippen LogP contribution in [0.3, 0.4) is 0 Å². The Kier molecular flexibility index (Phi) is 4.80. The molecule has 0 spiro atoms. The lowest BCUT2D eigenvalue weighted by Crippen LogP contribution is -2.03. The number of fused-ring (bicyclic) bond motifs is 8. The van der Waals surface area contributed by atoms with Crippen LogP contribution in [0.4, 0.5) is 0 Å². The molecule has 0 amide bonds.